The summed E-state index contributed by atoms with van der Waals surface area (Å²) in [5.74, 6) is 0.442. The number of fused-ring (bicyclic) bond motifs is 1. The van der Waals surface area contributed by atoms with E-state index in [0.29, 0.717) is 24.4 Å². The monoisotopic (exact) mass is 387 g/mol. The second kappa shape index (κ2) is 9.69. The van der Waals surface area contributed by atoms with Crippen LogP contribution in [0.25, 0.3) is 16.8 Å². The minimum Gasteiger partial charge on any atom is -0.484 e. The van der Waals surface area contributed by atoms with Gasteiger partial charge in [0, 0.05) is 18.7 Å². The second-order valence-corrected chi connectivity index (χ2v) is 6.65. The van der Waals surface area contributed by atoms with E-state index in [-0.39, 0.29) is 18.3 Å². The van der Waals surface area contributed by atoms with Crippen molar-refractivity contribution in [1.29, 1.82) is 0 Å². The van der Waals surface area contributed by atoms with Gasteiger partial charge in [0.25, 0.3) is 5.91 Å². The van der Waals surface area contributed by atoms with E-state index in [9.17, 15) is 9.59 Å². The van der Waals surface area contributed by atoms with Crippen LogP contribution >= 0.6 is 0 Å². The fraction of sp³-hybridized carbons (Fsp3) is 0.200. The number of benzene rings is 3. The Morgan fingerprint density at radius 2 is 1.59 bits per heavy atom. The van der Waals surface area contributed by atoms with Crippen LogP contribution in [-0.4, -0.2) is 36.3 Å². The summed E-state index contributed by atoms with van der Waals surface area (Å²) in [5.41, 5.74) is 1.58. The third-order valence-electron chi connectivity index (χ3n) is 4.85. The van der Waals surface area contributed by atoms with Gasteiger partial charge in [-0.15, -0.1) is 0 Å². The van der Waals surface area contributed by atoms with Crippen molar-refractivity contribution in [2.24, 2.45) is 0 Å². The van der Waals surface area contributed by atoms with Gasteiger partial charge in [-0.2, -0.15) is 0 Å². The summed E-state index contributed by atoms with van der Waals surface area (Å²) in [6.07, 6.45) is 3.43. The first-order valence-electron chi connectivity index (χ1n) is 9.83. The van der Waals surface area contributed by atoms with Crippen molar-refractivity contribution in [2.75, 3.05) is 19.7 Å². The van der Waals surface area contributed by atoms with Crippen molar-refractivity contribution in [1.82, 2.24) is 4.90 Å². The maximum Gasteiger partial charge on any atom is 0.260 e. The lowest BCUT2D eigenvalue weighted by Crippen LogP contribution is -2.34. The van der Waals surface area contributed by atoms with Gasteiger partial charge in [0.05, 0.1) is 0 Å². The minimum atomic E-state index is -0.0799. The van der Waals surface area contributed by atoms with Crippen LogP contribution in [0.1, 0.15) is 29.8 Å². The Labute approximate surface area is 171 Å². The van der Waals surface area contributed by atoms with E-state index < -0.39 is 0 Å². The molecular formula is C25H25NO3. The Balaban J connectivity index is 1.64. The van der Waals surface area contributed by atoms with Crippen LogP contribution in [-0.2, 0) is 4.79 Å². The number of likely N-dealkylation sites (N-methyl/N-ethyl adjacent to an activating group) is 1. The number of ether oxygens (including phenoxy) is 1. The van der Waals surface area contributed by atoms with Gasteiger partial charge < -0.3 is 9.64 Å². The van der Waals surface area contributed by atoms with Crippen molar-refractivity contribution in [3.8, 4) is 5.75 Å². The fourth-order valence-electron chi connectivity index (χ4n) is 3.19. The van der Waals surface area contributed by atoms with Gasteiger partial charge in [-0.3, -0.25) is 9.59 Å². The van der Waals surface area contributed by atoms with E-state index in [1.54, 1.807) is 35.2 Å². The summed E-state index contributed by atoms with van der Waals surface area (Å²) in [7, 11) is 0. The molecule has 0 radical (unpaired) electrons. The number of carbonyl (C=O) groups excluding carboxylic acids is 2. The maximum atomic E-state index is 12.5. The zero-order valence-corrected chi connectivity index (χ0v) is 16.8. The SMILES string of the molecule is CCN(CC)C(=O)COc1ccc(C(=O)/C=C/c2cccc3ccccc23)cc1. The Hall–Kier alpha value is -3.40. The summed E-state index contributed by atoms with van der Waals surface area (Å²) in [6, 6.07) is 21.0. The molecule has 29 heavy (non-hydrogen) atoms. The highest BCUT2D eigenvalue weighted by molar-refractivity contribution is 6.07. The molecule has 0 aliphatic carbocycles. The highest BCUT2D eigenvalue weighted by Gasteiger charge is 2.10. The van der Waals surface area contributed by atoms with Gasteiger partial charge in [0.2, 0.25) is 0 Å². The molecule has 148 valence electrons. The molecule has 0 fully saturated rings. The van der Waals surface area contributed by atoms with Gasteiger partial charge in [-0.05, 0) is 60.5 Å². The Morgan fingerprint density at radius 1 is 0.897 bits per heavy atom. The van der Waals surface area contributed by atoms with E-state index in [1.165, 1.54) is 0 Å². The summed E-state index contributed by atoms with van der Waals surface area (Å²) in [4.78, 5) is 26.2. The van der Waals surface area contributed by atoms with Gasteiger partial charge in [-0.1, -0.05) is 48.5 Å². The maximum absolute atomic E-state index is 12.5. The van der Waals surface area contributed by atoms with Crippen LogP contribution in [0, 0.1) is 0 Å². The molecule has 0 unspecified atom stereocenters. The Kier molecular flexibility index (Phi) is 6.80. The summed E-state index contributed by atoms with van der Waals surface area (Å²) in [5, 5.41) is 2.25. The van der Waals surface area contributed by atoms with Crippen LogP contribution in [0.2, 0.25) is 0 Å². The van der Waals surface area contributed by atoms with E-state index in [4.69, 9.17) is 4.74 Å². The molecule has 0 saturated heterocycles. The van der Waals surface area contributed by atoms with Gasteiger partial charge >= 0.3 is 0 Å². The first kappa shape index (κ1) is 20.3. The number of nitrogens with zero attached hydrogens (tertiary/aromatic N) is 1. The van der Waals surface area contributed by atoms with Crippen LogP contribution < -0.4 is 4.74 Å². The molecule has 0 spiro atoms. The average molecular weight is 387 g/mol. The number of hydrogen-bond donors (Lipinski definition) is 0. The molecule has 4 nitrogen and oxygen atoms in total. The van der Waals surface area contributed by atoms with Crippen molar-refractivity contribution >= 4 is 28.5 Å². The molecule has 0 N–H and O–H groups in total. The molecule has 0 heterocycles. The molecule has 3 aromatic rings. The lowest BCUT2D eigenvalue weighted by Gasteiger charge is -2.18. The topological polar surface area (TPSA) is 46.6 Å². The first-order valence-corrected chi connectivity index (χ1v) is 9.83. The normalized spacial score (nSPS) is 11.0. The van der Waals surface area contributed by atoms with E-state index in [0.717, 1.165) is 16.3 Å². The Bertz CT molecular complexity index is 1010. The highest BCUT2D eigenvalue weighted by atomic mass is 16.5. The number of ketones is 1. The zero-order valence-electron chi connectivity index (χ0n) is 16.8. The number of hydrogen-bond acceptors (Lipinski definition) is 3. The fourth-order valence-corrected chi connectivity index (χ4v) is 3.19. The van der Waals surface area contributed by atoms with Gasteiger partial charge in [0.15, 0.2) is 12.4 Å². The number of carbonyl (C=O) groups is 2. The summed E-state index contributed by atoms with van der Waals surface area (Å²) >= 11 is 0. The molecule has 0 atom stereocenters. The van der Waals surface area contributed by atoms with Crippen molar-refractivity contribution in [2.45, 2.75) is 13.8 Å². The molecule has 0 aliphatic rings. The number of amides is 1. The van der Waals surface area contributed by atoms with E-state index in [1.807, 2.05) is 50.3 Å². The largest absolute Gasteiger partial charge is 0.484 e. The minimum absolute atomic E-state index is 0.00401. The van der Waals surface area contributed by atoms with Crippen molar-refractivity contribution in [3.05, 3.63) is 83.9 Å². The average Bonchev–Trinajstić information content (AvgIpc) is 2.77. The number of allylic oxidation sites excluding steroid dienone is 1. The third kappa shape index (κ3) is 5.11. The molecule has 0 saturated carbocycles. The van der Waals surface area contributed by atoms with E-state index >= 15 is 0 Å². The molecular weight excluding hydrogens is 362 g/mol. The lowest BCUT2D eigenvalue weighted by molar-refractivity contribution is -0.132. The van der Waals surface area contributed by atoms with Crippen LogP contribution in [0.15, 0.2) is 72.8 Å². The molecule has 4 heteroatoms. The van der Waals surface area contributed by atoms with E-state index in [2.05, 4.69) is 12.1 Å². The van der Waals surface area contributed by atoms with Crippen LogP contribution in [0.3, 0.4) is 0 Å². The van der Waals surface area contributed by atoms with Gasteiger partial charge in [0.1, 0.15) is 5.75 Å². The predicted molar refractivity (Wildman–Crippen MR) is 117 cm³/mol. The molecule has 3 aromatic carbocycles. The summed E-state index contributed by atoms with van der Waals surface area (Å²) < 4.78 is 5.54. The van der Waals surface area contributed by atoms with Crippen LogP contribution in [0.4, 0.5) is 0 Å². The van der Waals surface area contributed by atoms with Crippen LogP contribution in [0.5, 0.6) is 5.75 Å². The zero-order chi connectivity index (χ0) is 20.6. The quantitative estimate of drug-likeness (QED) is 0.404. The summed E-state index contributed by atoms with van der Waals surface area (Å²) in [6.45, 7) is 5.20. The molecule has 0 aliphatic heterocycles. The Morgan fingerprint density at radius 3 is 2.31 bits per heavy atom. The number of rotatable bonds is 8. The molecule has 1 amide bonds. The van der Waals surface area contributed by atoms with Crippen molar-refractivity contribution < 1.29 is 14.3 Å². The third-order valence-corrected chi connectivity index (χ3v) is 4.85. The lowest BCUT2D eigenvalue weighted by atomic mass is 10.0. The standard InChI is InChI=1S/C25H25NO3/c1-3-26(4-2)25(28)18-29-22-15-12-21(13-16-22)24(27)17-14-20-10-7-9-19-8-5-6-11-23(19)20/h5-17H,3-4,18H2,1-2H3/b17-14+. The molecule has 3 rings (SSSR count). The predicted octanol–water partition coefficient (Wildman–Crippen LogP) is 4.98. The molecule has 0 bridgehead atoms. The van der Waals surface area contributed by atoms with Crippen molar-refractivity contribution in [3.63, 3.8) is 0 Å². The van der Waals surface area contributed by atoms with Gasteiger partial charge in [-0.25, -0.2) is 0 Å². The molecule has 0 aromatic heterocycles. The second-order valence-electron chi connectivity index (χ2n) is 6.65. The highest BCUT2D eigenvalue weighted by Crippen LogP contribution is 2.20. The smallest absolute Gasteiger partial charge is 0.260 e. The first-order chi connectivity index (χ1) is 14.1.